The van der Waals surface area contributed by atoms with E-state index in [1.807, 2.05) is 144 Å². The molecular weight excluding hydrogens is 1310 g/mol. The molecule has 0 aromatic heterocycles. The van der Waals surface area contributed by atoms with E-state index in [0.717, 1.165) is 82.6 Å². The molecule has 8 atom stereocenters. The molecule has 11 rings (SSSR count). The summed E-state index contributed by atoms with van der Waals surface area (Å²) in [6.07, 6.45) is 2.23. The van der Waals surface area contributed by atoms with E-state index in [0.29, 0.717) is 91.3 Å². The fourth-order valence-electron chi connectivity index (χ4n) is 11.9. The van der Waals surface area contributed by atoms with Crippen molar-refractivity contribution in [2.45, 2.75) is 199 Å². The molecule has 8 unspecified atom stereocenters. The lowest BCUT2D eigenvalue weighted by Gasteiger charge is -2.34. The van der Waals surface area contributed by atoms with E-state index in [9.17, 15) is 24.0 Å². The third kappa shape index (κ3) is 22.9. The maximum atomic E-state index is 13.3. The molecule has 0 saturated carbocycles. The Morgan fingerprint density at radius 1 is 0.417 bits per heavy atom. The molecule has 4 aromatic rings. The molecule has 7 aliphatic rings. The summed E-state index contributed by atoms with van der Waals surface area (Å²) in [6, 6.07) is 22.9. The number of aliphatic imine (C=N–C) groups is 4. The van der Waals surface area contributed by atoms with Crippen molar-refractivity contribution in [2.75, 3.05) is 87.3 Å². The van der Waals surface area contributed by atoms with E-state index in [-0.39, 0.29) is 106 Å². The van der Waals surface area contributed by atoms with Gasteiger partial charge in [0.1, 0.15) is 70.8 Å². The van der Waals surface area contributed by atoms with Crippen molar-refractivity contribution in [3.8, 4) is 46.0 Å². The lowest BCUT2D eigenvalue weighted by molar-refractivity contribution is -0.124. The van der Waals surface area contributed by atoms with Gasteiger partial charge in [-0.05, 0) is 170 Å². The first kappa shape index (κ1) is 84.5. The molecule has 3 fully saturated rings. The number of amidine groups is 2. The third-order valence-corrected chi connectivity index (χ3v) is 18.0. The van der Waals surface area contributed by atoms with Crippen LogP contribution in [0.15, 0.2) is 92.8 Å². The fourth-order valence-corrected chi connectivity index (χ4v) is 11.9. The van der Waals surface area contributed by atoms with E-state index < -0.39 is 0 Å². The van der Waals surface area contributed by atoms with Crippen molar-refractivity contribution in [1.82, 2.24) is 40.9 Å². The van der Waals surface area contributed by atoms with Gasteiger partial charge < -0.3 is 69.0 Å². The zero-order chi connectivity index (χ0) is 73.9. The Morgan fingerprint density at radius 3 is 0.981 bits per heavy atom. The maximum Gasteiger partial charge on any atom is 0.326 e. The predicted octanol–water partition coefficient (Wildman–Crippen LogP) is 11.1. The van der Waals surface area contributed by atoms with Crippen LogP contribution in [-0.4, -0.2) is 220 Å². The number of urea groups is 2. The topological polar surface area (TPSA) is 270 Å². The van der Waals surface area contributed by atoms with Crippen LogP contribution in [0.2, 0.25) is 0 Å². The molecule has 0 spiro atoms. The number of hydrogen-bond acceptors (Lipinski definition) is 18. The summed E-state index contributed by atoms with van der Waals surface area (Å²) in [5.74, 6) is 8.09. The Morgan fingerprint density at radius 2 is 0.728 bits per heavy atom. The summed E-state index contributed by atoms with van der Waals surface area (Å²) in [5.41, 5.74) is 5.98. The van der Waals surface area contributed by atoms with Gasteiger partial charge in [-0.25, -0.2) is 9.59 Å². The van der Waals surface area contributed by atoms with Gasteiger partial charge in [0.2, 0.25) is 17.7 Å². The Balaban J connectivity index is 0.000000241. The van der Waals surface area contributed by atoms with Gasteiger partial charge in [0.05, 0.1) is 107 Å². The highest BCUT2D eigenvalue weighted by molar-refractivity contribution is 6.12. The molecular formula is C78H118N12O13. The molecule has 25 heteroatoms. The summed E-state index contributed by atoms with van der Waals surface area (Å²) in [7, 11) is 6.54. The first-order valence-corrected chi connectivity index (χ1v) is 35.4. The third-order valence-electron chi connectivity index (χ3n) is 18.0. The average Bonchev–Trinajstić information content (AvgIpc) is 1.66. The molecule has 0 radical (unpaired) electrons. The van der Waals surface area contributed by atoms with Crippen molar-refractivity contribution < 1.29 is 61.9 Å². The second kappa shape index (κ2) is 39.5. The average molecular weight is 1430 g/mol. The minimum atomic E-state index is -0.211. The van der Waals surface area contributed by atoms with Gasteiger partial charge in [0.15, 0.2) is 0 Å². The van der Waals surface area contributed by atoms with Gasteiger partial charge >= 0.3 is 12.1 Å². The molecule has 3 saturated heterocycles. The minimum Gasteiger partial charge on any atom is -0.497 e. The molecule has 4 aromatic carbocycles. The zero-order valence-corrected chi connectivity index (χ0v) is 63.0. The highest BCUT2D eigenvalue weighted by Crippen LogP contribution is 2.37. The van der Waals surface area contributed by atoms with Crippen LogP contribution in [0.25, 0.3) is 0 Å². The number of rotatable bonds is 16. The van der Waals surface area contributed by atoms with Crippen LogP contribution >= 0.6 is 0 Å². The summed E-state index contributed by atoms with van der Waals surface area (Å²) < 4.78 is 45.0. The molecule has 0 aliphatic carbocycles. The summed E-state index contributed by atoms with van der Waals surface area (Å²) in [5, 5.41) is 11.1. The van der Waals surface area contributed by atoms with Crippen molar-refractivity contribution in [2.24, 2.45) is 31.8 Å². The van der Waals surface area contributed by atoms with Crippen LogP contribution in [0.5, 0.6) is 46.0 Å². The molecule has 7 heterocycles. The SMILES string of the molecule is C.C.COc1ccc(C2=NC(C)C(C)C2)c(OC(C)C)c1.COc1ccc(C2=NC(C)C(C)C2)c(OC(C)C)c1.COc1ccc(C2=NC(C)C(C)N2C(=O)N2CCNC(=O)C2)c(OC(C)C)c1.COc1ccc(C2=NC(C)C(C)N2C(=O)N2CCNC(=O)C2)c(OC(C)C)c1.O=C1CNCCN1. The molecule has 25 nitrogen and oxygen atoms in total. The fraction of sp³-hybridized carbons (Fsp3) is 0.577. The van der Waals surface area contributed by atoms with Crippen LogP contribution in [0.4, 0.5) is 9.59 Å². The van der Waals surface area contributed by atoms with Crippen molar-refractivity contribution in [3.63, 3.8) is 0 Å². The maximum absolute atomic E-state index is 13.3. The first-order valence-electron chi connectivity index (χ1n) is 35.4. The number of carbonyl (C=O) groups excluding carboxylic acids is 5. The van der Waals surface area contributed by atoms with E-state index in [1.165, 1.54) is 0 Å². The predicted molar refractivity (Wildman–Crippen MR) is 408 cm³/mol. The highest BCUT2D eigenvalue weighted by atomic mass is 16.5. The zero-order valence-electron chi connectivity index (χ0n) is 63.0. The Hall–Kier alpha value is -9.13. The molecule has 7 amide bonds. The van der Waals surface area contributed by atoms with E-state index >= 15 is 0 Å². The molecule has 568 valence electrons. The summed E-state index contributed by atoms with van der Waals surface area (Å²) in [4.78, 5) is 85.8. The van der Waals surface area contributed by atoms with Crippen molar-refractivity contribution in [3.05, 3.63) is 95.1 Å². The smallest absolute Gasteiger partial charge is 0.326 e. The summed E-state index contributed by atoms with van der Waals surface area (Å²) in [6.45, 7) is 36.8. The molecule has 0 bridgehead atoms. The van der Waals surface area contributed by atoms with E-state index in [4.69, 9.17) is 57.9 Å². The van der Waals surface area contributed by atoms with E-state index in [2.05, 4.69) is 61.1 Å². The van der Waals surface area contributed by atoms with Gasteiger partial charge in [-0.15, -0.1) is 0 Å². The Kier molecular flexibility index (Phi) is 32.4. The molecule has 7 aliphatic heterocycles. The van der Waals surface area contributed by atoms with E-state index in [1.54, 1.807) is 48.0 Å². The number of benzene rings is 4. The minimum absolute atomic E-state index is 0. The lowest BCUT2D eigenvalue weighted by atomic mass is 9.98. The number of ether oxygens (including phenoxy) is 8. The largest absolute Gasteiger partial charge is 0.497 e. The van der Waals surface area contributed by atoms with Gasteiger partial charge in [-0.3, -0.25) is 44.2 Å². The molecule has 4 N–H and O–H groups in total. The standard InChI is InChI=1S/2C20H28N4O4.2C16H23NO2.C4H8N2O.2CH4/c2*1-12(2)28-17-10-15(27-5)6-7-16(17)19-22-13(3)14(4)24(19)20(26)23-9-8-21-18(25)11-23;2*1-10(2)19-16-9-13(18-5)6-7-14(16)15-8-11(3)12(4)17-15;7-4-3-5-1-2-6-4;;/h2*6-7,10,12-14H,8-9,11H2,1-5H3,(H,21,25);2*6-7,9-12H,8H2,1-5H3;5H,1-3H2,(H,6,7);2*1H4. The number of nitrogens with zero attached hydrogens (tertiary/aromatic N) is 8. The normalized spacial score (nSPS) is 21.8. The Bertz CT molecular complexity index is 3400. The van der Waals surface area contributed by atoms with Gasteiger partial charge in [-0.1, -0.05) is 28.7 Å². The number of amides is 7. The Labute approximate surface area is 612 Å². The first-order chi connectivity index (χ1) is 48.0. The van der Waals surface area contributed by atoms with Crippen LogP contribution in [0.3, 0.4) is 0 Å². The lowest BCUT2D eigenvalue weighted by Crippen LogP contribution is -2.56. The summed E-state index contributed by atoms with van der Waals surface area (Å²) >= 11 is 0. The number of carbonyl (C=O) groups is 5. The van der Waals surface area contributed by atoms with Gasteiger partial charge in [-0.2, -0.15) is 0 Å². The van der Waals surface area contributed by atoms with Gasteiger partial charge in [0, 0.05) is 86.1 Å². The van der Waals surface area contributed by atoms with Crippen LogP contribution < -0.4 is 59.2 Å². The number of hydrogen-bond donors (Lipinski definition) is 4. The highest BCUT2D eigenvalue weighted by Gasteiger charge is 2.42. The quantitative estimate of drug-likeness (QED) is 0.0813. The van der Waals surface area contributed by atoms with Crippen molar-refractivity contribution in [1.29, 1.82) is 0 Å². The van der Waals surface area contributed by atoms with Crippen LogP contribution in [0, 0.1) is 11.8 Å². The van der Waals surface area contributed by atoms with Crippen LogP contribution in [0.1, 0.15) is 161 Å². The van der Waals surface area contributed by atoms with Gasteiger partial charge in [0.25, 0.3) is 0 Å². The monoisotopic (exact) mass is 1430 g/mol. The molecule has 103 heavy (non-hydrogen) atoms. The number of piperazine rings is 3. The number of methoxy groups -OCH3 is 4. The second-order valence-electron chi connectivity index (χ2n) is 27.4. The van der Waals surface area contributed by atoms with Crippen LogP contribution in [-0.2, 0) is 14.4 Å². The van der Waals surface area contributed by atoms with Crippen molar-refractivity contribution >= 4 is 52.9 Å². The second-order valence-corrected chi connectivity index (χ2v) is 27.4. The number of nitrogens with one attached hydrogen (secondary N) is 4.